The number of hydrogen-bond acceptors (Lipinski definition) is 0. The molecule has 0 nitrogen and oxygen atoms in total. The minimum atomic E-state index is -0.364. The molecule has 0 aliphatic rings. The van der Waals surface area contributed by atoms with Crippen molar-refractivity contribution in [2.45, 2.75) is 18.7 Å². The largest absolute Gasteiger partial charge is 0.207 e. The summed E-state index contributed by atoms with van der Waals surface area (Å²) in [5.41, 5.74) is 2.62. The van der Waals surface area contributed by atoms with Crippen molar-refractivity contribution in [3.63, 3.8) is 0 Å². The quantitative estimate of drug-likeness (QED) is 0.535. The highest BCUT2D eigenvalue weighted by atomic mass is 35.5. The molecule has 1 atom stereocenters. The summed E-state index contributed by atoms with van der Waals surface area (Å²) in [6, 6.07) is 19.6. The van der Waals surface area contributed by atoms with E-state index in [1.165, 1.54) is 16.8 Å². The summed E-state index contributed by atoms with van der Waals surface area (Å²) in [6.07, 6.45) is 0.614. The Balaban J connectivity index is 1.94. The van der Waals surface area contributed by atoms with Gasteiger partial charge in [0.05, 0.1) is 5.38 Å². The molecule has 0 aromatic heterocycles. The number of benzene rings is 3. The number of hydrogen-bond donors (Lipinski definition) is 0. The first-order chi connectivity index (χ1) is 10.1. The molecule has 106 valence electrons. The van der Waals surface area contributed by atoms with E-state index in [2.05, 4.69) is 24.3 Å². The molecular formula is C19H16ClF. The van der Waals surface area contributed by atoms with Crippen LogP contribution >= 0.6 is 11.6 Å². The van der Waals surface area contributed by atoms with Crippen molar-refractivity contribution in [1.29, 1.82) is 0 Å². The molecule has 0 fully saturated rings. The normalized spacial score (nSPS) is 12.5. The van der Waals surface area contributed by atoms with Crippen molar-refractivity contribution in [3.05, 3.63) is 83.2 Å². The summed E-state index contributed by atoms with van der Waals surface area (Å²) in [4.78, 5) is 0. The van der Waals surface area contributed by atoms with E-state index in [1.54, 1.807) is 6.07 Å². The molecule has 1 unspecified atom stereocenters. The second-order valence-electron chi connectivity index (χ2n) is 5.33. The lowest BCUT2D eigenvalue weighted by atomic mass is 9.97. The zero-order valence-electron chi connectivity index (χ0n) is 11.8. The van der Waals surface area contributed by atoms with Gasteiger partial charge in [0, 0.05) is 5.56 Å². The van der Waals surface area contributed by atoms with Crippen LogP contribution in [-0.4, -0.2) is 0 Å². The highest BCUT2D eigenvalue weighted by molar-refractivity contribution is 6.21. The number of alkyl halides is 1. The maximum absolute atomic E-state index is 14.0. The fourth-order valence-corrected chi connectivity index (χ4v) is 3.00. The predicted octanol–water partition coefficient (Wildman–Crippen LogP) is 5.81. The smallest absolute Gasteiger partial charge is 0.128 e. The van der Waals surface area contributed by atoms with E-state index < -0.39 is 0 Å². The second-order valence-corrected chi connectivity index (χ2v) is 5.86. The Morgan fingerprint density at radius 3 is 2.57 bits per heavy atom. The summed E-state index contributed by atoms with van der Waals surface area (Å²) in [7, 11) is 0. The van der Waals surface area contributed by atoms with E-state index >= 15 is 0 Å². The van der Waals surface area contributed by atoms with Crippen LogP contribution in [0.5, 0.6) is 0 Å². The topological polar surface area (TPSA) is 0 Å². The minimum absolute atomic E-state index is 0.227. The molecule has 0 spiro atoms. The third-order valence-electron chi connectivity index (χ3n) is 3.77. The Morgan fingerprint density at radius 1 is 1.00 bits per heavy atom. The highest BCUT2D eigenvalue weighted by Gasteiger charge is 2.15. The fraction of sp³-hybridized carbons (Fsp3) is 0.158. The molecular weight excluding hydrogens is 283 g/mol. The summed E-state index contributed by atoms with van der Waals surface area (Å²) >= 11 is 6.46. The van der Waals surface area contributed by atoms with Crippen LogP contribution in [0, 0.1) is 12.7 Å². The summed E-state index contributed by atoms with van der Waals surface area (Å²) in [5.74, 6) is -0.227. The fourth-order valence-electron chi connectivity index (χ4n) is 2.66. The van der Waals surface area contributed by atoms with Gasteiger partial charge < -0.3 is 0 Å². The van der Waals surface area contributed by atoms with E-state index in [0.717, 1.165) is 11.1 Å². The van der Waals surface area contributed by atoms with Gasteiger partial charge in [-0.25, -0.2) is 4.39 Å². The van der Waals surface area contributed by atoms with E-state index in [-0.39, 0.29) is 11.2 Å². The molecule has 0 saturated heterocycles. The Morgan fingerprint density at radius 2 is 1.76 bits per heavy atom. The highest BCUT2D eigenvalue weighted by Crippen LogP contribution is 2.30. The van der Waals surface area contributed by atoms with Crippen molar-refractivity contribution in [1.82, 2.24) is 0 Å². The Kier molecular flexibility index (Phi) is 3.94. The number of halogens is 2. The molecule has 0 amide bonds. The summed E-state index contributed by atoms with van der Waals surface area (Å²) < 4.78 is 14.0. The first kappa shape index (κ1) is 14.1. The molecule has 3 aromatic carbocycles. The molecule has 0 bridgehead atoms. The van der Waals surface area contributed by atoms with Gasteiger partial charge >= 0.3 is 0 Å². The van der Waals surface area contributed by atoms with Crippen LogP contribution in [0.25, 0.3) is 10.8 Å². The lowest BCUT2D eigenvalue weighted by Gasteiger charge is -2.13. The average molecular weight is 299 g/mol. The monoisotopic (exact) mass is 298 g/mol. The number of rotatable bonds is 3. The SMILES string of the molecule is Cc1ccc(C(Cl)Cc2cccc3ccccc23)c(F)c1. The molecule has 2 heteroatoms. The van der Waals surface area contributed by atoms with Crippen molar-refractivity contribution >= 4 is 22.4 Å². The van der Waals surface area contributed by atoms with Crippen LogP contribution in [0.3, 0.4) is 0 Å². The lowest BCUT2D eigenvalue weighted by molar-refractivity contribution is 0.605. The van der Waals surface area contributed by atoms with Gasteiger partial charge in [-0.2, -0.15) is 0 Å². The van der Waals surface area contributed by atoms with Gasteiger partial charge in [0.25, 0.3) is 0 Å². The van der Waals surface area contributed by atoms with Gasteiger partial charge in [0.1, 0.15) is 5.82 Å². The van der Waals surface area contributed by atoms with Crippen LogP contribution in [0.1, 0.15) is 22.1 Å². The van der Waals surface area contributed by atoms with Crippen LogP contribution < -0.4 is 0 Å². The van der Waals surface area contributed by atoms with Crippen molar-refractivity contribution < 1.29 is 4.39 Å². The number of aryl methyl sites for hydroxylation is 1. The first-order valence-corrected chi connectivity index (χ1v) is 7.45. The van der Waals surface area contributed by atoms with Gasteiger partial charge in [-0.3, -0.25) is 0 Å². The molecule has 0 aliphatic heterocycles. The third kappa shape index (κ3) is 2.93. The first-order valence-electron chi connectivity index (χ1n) is 7.02. The van der Waals surface area contributed by atoms with Crippen molar-refractivity contribution in [3.8, 4) is 0 Å². The number of fused-ring (bicyclic) bond motifs is 1. The summed E-state index contributed by atoms with van der Waals surface area (Å²) in [5, 5.41) is 2.00. The maximum Gasteiger partial charge on any atom is 0.128 e. The Bertz CT molecular complexity index is 774. The zero-order valence-corrected chi connectivity index (χ0v) is 12.6. The Hall–Kier alpha value is -1.86. The minimum Gasteiger partial charge on any atom is -0.207 e. The molecule has 0 saturated carbocycles. The van der Waals surface area contributed by atoms with Gasteiger partial charge in [-0.1, -0.05) is 54.6 Å². The van der Waals surface area contributed by atoms with Crippen molar-refractivity contribution in [2.24, 2.45) is 0 Å². The van der Waals surface area contributed by atoms with Gasteiger partial charge in [0.15, 0.2) is 0 Å². The van der Waals surface area contributed by atoms with Gasteiger partial charge in [-0.05, 0) is 41.3 Å². The van der Waals surface area contributed by atoms with E-state index in [4.69, 9.17) is 11.6 Å². The van der Waals surface area contributed by atoms with E-state index in [1.807, 2.05) is 31.2 Å². The second kappa shape index (κ2) is 5.87. The Labute approximate surface area is 129 Å². The van der Waals surface area contributed by atoms with Crippen LogP contribution in [0.2, 0.25) is 0 Å². The van der Waals surface area contributed by atoms with E-state index in [0.29, 0.717) is 12.0 Å². The molecule has 0 N–H and O–H groups in total. The zero-order chi connectivity index (χ0) is 14.8. The molecule has 0 aliphatic carbocycles. The van der Waals surface area contributed by atoms with Crippen LogP contribution in [0.4, 0.5) is 4.39 Å². The average Bonchev–Trinajstić information content (AvgIpc) is 2.47. The third-order valence-corrected chi connectivity index (χ3v) is 4.16. The van der Waals surface area contributed by atoms with E-state index in [9.17, 15) is 4.39 Å². The standard InChI is InChI=1S/C19H16ClF/c1-13-9-10-17(19(21)11-13)18(20)12-15-7-4-6-14-5-2-3-8-16(14)15/h2-11,18H,12H2,1H3. The molecule has 3 aromatic rings. The molecule has 0 radical (unpaired) electrons. The van der Waals surface area contributed by atoms with Crippen LogP contribution in [-0.2, 0) is 6.42 Å². The maximum atomic E-state index is 14.0. The lowest BCUT2D eigenvalue weighted by Crippen LogP contribution is -2.00. The van der Waals surface area contributed by atoms with Gasteiger partial charge in [0.2, 0.25) is 0 Å². The molecule has 3 rings (SSSR count). The molecule has 0 heterocycles. The van der Waals surface area contributed by atoms with Crippen molar-refractivity contribution in [2.75, 3.05) is 0 Å². The molecule has 21 heavy (non-hydrogen) atoms. The van der Waals surface area contributed by atoms with Crippen LogP contribution in [0.15, 0.2) is 60.7 Å². The predicted molar refractivity (Wildman–Crippen MR) is 87.4 cm³/mol. The van der Waals surface area contributed by atoms with Gasteiger partial charge in [-0.15, -0.1) is 11.6 Å². The summed E-state index contributed by atoms with van der Waals surface area (Å²) in [6.45, 7) is 1.88.